The zero-order valence-corrected chi connectivity index (χ0v) is 5.94. The number of carbonyl (C=O) groups is 1. The highest BCUT2D eigenvalue weighted by Gasteiger charge is 1.93. The van der Waals surface area contributed by atoms with Gasteiger partial charge in [0.15, 0.2) is 0 Å². The summed E-state index contributed by atoms with van der Waals surface area (Å²) in [5.74, 6) is -0.0662. The van der Waals surface area contributed by atoms with Crippen LogP contribution in [0.25, 0.3) is 0 Å². The minimum atomic E-state index is -0.0662. The highest BCUT2D eigenvalue weighted by molar-refractivity contribution is 5.76. The van der Waals surface area contributed by atoms with Crippen molar-refractivity contribution in [2.24, 2.45) is 0 Å². The van der Waals surface area contributed by atoms with Crippen molar-refractivity contribution >= 4 is 5.91 Å². The Bertz CT molecular complexity index is 83.1. The first-order valence-electron chi connectivity index (χ1n) is 3.09. The van der Waals surface area contributed by atoms with Crippen molar-refractivity contribution in [3.63, 3.8) is 0 Å². The van der Waals surface area contributed by atoms with Gasteiger partial charge in [-0.05, 0) is 6.42 Å². The number of carbonyl (C=O) groups excluding carboxylic acids is 1. The van der Waals surface area contributed by atoms with Gasteiger partial charge in [0, 0.05) is 13.7 Å². The Morgan fingerprint density at radius 2 is 2.33 bits per heavy atom. The molecule has 0 atom stereocenters. The lowest BCUT2D eigenvalue weighted by atomic mass is 10.5. The molecule has 1 N–H and O–H groups in total. The lowest BCUT2D eigenvalue weighted by Gasteiger charge is -1.98. The lowest BCUT2D eigenvalue weighted by molar-refractivity contribution is -0.125. The molecule has 3 nitrogen and oxygen atoms in total. The average Bonchev–Trinajstić information content (AvgIpc) is 1.89. The molecule has 0 aromatic carbocycles. The molecule has 0 bridgehead atoms. The van der Waals surface area contributed by atoms with Crippen molar-refractivity contribution in [1.82, 2.24) is 5.32 Å². The van der Waals surface area contributed by atoms with Crippen molar-refractivity contribution in [3.05, 3.63) is 0 Å². The smallest absolute Gasteiger partial charge is 0.245 e. The molecule has 0 aliphatic carbocycles. The van der Waals surface area contributed by atoms with E-state index in [0.717, 1.165) is 6.42 Å². The monoisotopic (exact) mass is 131 g/mol. The van der Waals surface area contributed by atoms with E-state index in [2.05, 4.69) is 5.32 Å². The van der Waals surface area contributed by atoms with Crippen LogP contribution in [0.3, 0.4) is 0 Å². The van der Waals surface area contributed by atoms with Gasteiger partial charge in [-0.25, -0.2) is 0 Å². The van der Waals surface area contributed by atoms with Crippen molar-refractivity contribution in [2.45, 2.75) is 13.3 Å². The van der Waals surface area contributed by atoms with Crippen molar-refractivity contribution in [3.8, 4) is 0 Å². The molecule has 0 saturated heterocycles. The minimum Gasteiger partial charge on any atom is -0.372 e. The van der Waals surface area contributed by atoms with Crippen LogP contribution in [0.4, 0.5) is 0 Å². The molecule has 9 heavy (non-hydrogen) atoms. The summed E-state index contributed by atoms with van der Waals surface area (Å²) in [6, 6.07) is 0. The average molecular weight is 131 g/mol. The van der Waals surface area contributed by atoms with E-state index in [1.807, 2.05) is 6.92 Å². The van der Waals surface area contributed by atoms with E-state index < -0.39 is 0 Å². The number of nitrogens with one attached hydrogen (secondary N) is 1. The summed E-state index contributed by atoms with van der Waals surface area (Å²) in [7, 11) is 1.59. The van der Waals surface area contributed by atoms with E-state index >= 15 is 0 Å². The summed E-state index contributed by atoms with van der Waals surface area (Å²) in [6.07, 6.45) is 0.955. The SMILES string of the molecule is CCCOCC(=O)NC. The zero-order valence-electron chi connectivity index (χ0n) is 5.94. The predicted octanol–water partition coefficient (Wildman–Crippen LogP) is 0.159. The van der Waals surface area contributed by atoms with Gasteiger partial charge in [0.1, 0.15) is 6.61 Å². The second-order valence-electron chi connectivity index (χ2n) is 1.73. The summed E-state index contributed by atoms with van der Waals surface area (Å²) >= 11 is 0. The molecular weight excluding hydrogens is 118 g/mol. The van der Waals surface area contributed by atoms with Crippen molar-refractivity contribution in [2.75, 3.05) is 20.3 Å². The Hall–Kier alpha value is -0.570. The highest BCUT2D eigenvalue weighted by Crippen LogP contribution is 1.78. The summed E-state index contributed by atoms with van der Waals surface area (Å²) in [5.41, 5.74) is 0. The Balaban J connectivity index is 2.97. The molecule has 0 spiro atoms. The number of rotatable bonds is 4. The fraction of sp³-hybridized carbons (Fsp3) is 0.833. The second kappa shape index (κ2) is 5.56. The maximum Gasteiger partial charge on any atom is 0.245 e. The first-order chi connectivity index (χ1) is 4.31. The lowest BCUT2D eigenvalue weighted by Crippen LogP contribution is -2.23. The number of likely N-dealkylation sites (N-methyl/N-ethyl adjacent to an activating group) is 1. The molecule has 3 heteroatoms. The zero-order chi connectivity index (χ0) is 7.11. The van der Waals surface area contributed by atoms with Gasteiger partial charge in [0.2, 0.25) is 5.91 Å². The Kier molecular flexibility index (Phi) is 5.21. The first-order valence-corrected chi connectivity index (χ1v) is 3.09. The summed E-state index contributed by atoms with van der Waals surface area (Å²) in [5, 5.41) is 2.46. The maximum atomic E-state index is 10.5. The number of hydrogen-bond donors (Lipinski definition) is 1. The number of amides is 1. The molecule has 54 valence electrons. The van der Waals surface area contributed by atoms with Crippen LogP contribution >= 0.6 is 0 Å². The van der Waals surface area contributed by atoms with Gasteiger partial charge < -0.3 is 10.1 Å². The second-order valence-corrected chi connectivity index (χ2v) is 1.73. The van der Waals surface area contributed by atoms with Gasteiger partial charge in [-0.3, -0.25) is 4.79 Å². The van der Waals surface area contributed by atoms with Gasteiger partial charge in [-0.2, -0.15) is 0 Å². The largest absolute Gasteiger partial charge is 0.372 e. The van der Waals surface area contributed by atoms with Crippen LogP contribution in [-0.2, 0) is 9.53 Å². The van der Waals surface area contributed by atoms with Crippen LogP contribution in [0.2, 0.25) is 0 Å². The van der Waals surface area contributed by atoms with E-state index in [1.165, 1.54) is 0 Å². The number of ether oxygens (including phenoxy) is 1. The molecule has 0 saturated carbocycles. The fourth-order valence-electron chi connectivity index (χ4n) is 0.381. The molecule has 0 fully saturated rings. The molecule has 0 aromatic heterocycles. The van der Waals surface area contributed by atoms with Crippen LogP contribution in [0.5, 0.6) is 0 Å². The summed E-state index contributed by atoms with van der Waals surface area (Å²) in [6.45, 7) is 2.85. The van der Waals surface area contributed by atoms with E-state index in [-0.39, 0.29) is 12.5 Å². The first kappa shape index (κ1) is 8.43. The highest BCUT2D eigenvalue weighted by atomic mass is 16.5. The third-order valence-corrected chi connectivity index (χ3v) is 0.860. The predicted molar refractivity (Wildman–Crippen MR) is 35.2 cm³/mol. The molecule has 0 unspecified atom stereocenters. The van der Waals surface area contributed by atoms with E-state index in [0.29, 0.717) is 6.61 Å². The van der Waals surface area contributed by atoms with E-state index in [1.54, 1.807) is 7.05 Å². The van der Waals surface area contributed by atoms with Gasteiger partial charge in [-0.1, -0.05) is 6.92 Å². The topological polar surface area (TPSA) is 38.3 Å². The quantitative estimate of drug-likeness (QED) is 0.552. The summed E-state index contributed by atoms with van der Waals surface area (Å²) in [4.78, 5) is 10.5. The summed E-state index contributed by atoms with van der Waals surface area (Å²) < 4.78 is 4.92. The third kappa shape index (κ3) is 5.30. The van der Waals surface area contributed by atoms with Crippen LogP contribution in [-0.4, -0.2) is 26.2 Å². The standard InChI is InChI=1S/C6H13NO2/c1-3-4-9-5-6(8)7-2/h3-5H2,1-2H3,(H,7,8). The van der Waals surface area contributed by atoms with Gasteiger partial charge in [0.05, 0.1) is 0 Å². The van der Waals surface area contributed by atoms with Crippen LogP contribution in [0, 0.1) is 0 Å². The van der Waals surface area contributed by atoms with Crippen LogP contribution in [0.15, 0.2) is 0 Å². The van der Waals surface area contributed by atoms with Crippen LogP contribution < -0.4 is 5.32 Å². The third-order valence-electron chi connectivity index (χ3n) is 0.860. The van der Waals surface area contributed by atoms with Crippen molar-refractivity contribution < 1.29 is 9.53 Å². The molecular formula is C6H13NO2. The van der Waals surface area contributed by atoms with E-state index in [4.69, 9.17) is 4.74 Å². The Morgan fingerprint density at radius 3 is 2.78 bits per heavy atom. The number of hydrogen-bond acceptors (Lipinski definition) is 2. The van der Waals surface area contributed by atoms with Crippen molar-refractivity contribution in [1.29, 1.82) is 0 Å². The maximum absolute atomic E-state index is 10.5. The van der Waals surface area contributed by atoms with Gasteiger partial charge >= 0.3 is 0 Å². The van der Waals surface area contributed by atoms with Crippen LogP contribution in [0.1, 0.15) is 13.3 Å². The molecule has 0 heterocycles. The molecule has 1 amide bonds. The molecule has 0 radical (unpaired) electrons. The molecule has 0 aliphatic rings. The molecule has 0 rings (SSSR count). The van der Waals surface area contributed by atoms with Gasteiger partial charge in [-0.15, -0.1) is 0 Å². The molecule has 0 aromatic rings. The van der Waals surface area contributed by atoms with E-state index in [9.17, 15) is 4.79 Å². The van der Waals surface area contributed by atoms with Gasteiger partial charge in [0.25, 0.3) is 0 Å². The fourth-order valence-corrected chi connectivity index (χ4v) is 0.381. The minimum absolute atomic E-state index is 0.0662. The normalized spacial score (nSPS) is 9.11. The Morgan fingerprint density at radius 1 is 1.67 bits per heavy atom. The Labute approximate surface area is 55.4 Å². The molecule has 0 aliphatic heterocycles.